The van der Waals surface area contributed by atoms with E-state index in [0.717, 1.165) is 16.3 Å². The van der Waals surface area contributed by atoms with Gasteiger partial charge in [-0.3, -0.25) is 10.1 Å². The van der Waals surface area contributed by atoms with Gasteiger partial charge in [0.2, 0.25) is 0 Å². The number of nitrogens with zero attached hydrogens (tertiary/aromatic N) is 4. The highest BCUT2D eigenvalue weighted by atomic mass is 35.5. The predicted molar refractivity (Wildman–Crippen MR) is 129 cm³/mol. The molecule has 11 heteroatoms. The standard InChI is InChI=1S/C20H17ClN6O2S2/c1-26(2)13-6-4-12(5-7-13)23-20-25-18(22)17(31-20)19-24-15(10-30-19)11-3-8-14(21)16(9-11)27(28)29/h3-10H,22H2,1-2H3,(H,23,25). The first-order valence-electron chi connectivity index (χ1n) is 9.03. The summed E-state index contributed by atoms with van der Waals surface area (Å²) >= 11 is 8.70. The lowest BCUT2D eigenvalue weighted by atomic mass is 10.1. The van der Waals surface area contributed by atoms with Gasteiger partial charge in [0, 0.05) is 42.5 Å². The van der Waals surface area contributed by atoms with Crippen molar-refractivity contribution in [1.82, 2.24) is 9.97 Å². The third-order valence-corrected chi connectivity index (χ3v) is 6.73. The summed E-state index contributed by atoms with van der Waals surface area (Å²) in [7, 11) is 3.97. The first-order valence-corrected chi connectivity index (χ1v) is 11.1. The SMILES string of the molecule is CN(C)c1ccc(Nc2nc(N)c(-c3nc(-c4ccc(Cl)c([N+](=O)[O-])c4)cs3)s2)cc1. The van der Waals surface area contributed by atoms with Crippen molar-refractivity contribution in [1.29, 1.82) is 0 Å². The molecule has 0 amide bonds. The van der Waals surface area contributed by atoms with Crippen LogP contribution in [0, 0.1) is 10.1 Å². The molecule has 4 aromatic rings. The maximum atomic E-state index is 11.2. The number of benzene rings is 2. The third kappa shape index (κ3) is 4.46. The van der Waals surface area contributed by atoms with Gasteiger partial charge in [0.05, 0.1) is 10.6 Å². The summed E-state index contributed by atoms with van der Waals surface area (Å²) in [6.45, 7) is 0. The molecule has 8 nitrogen and oxygen atoms in total. The highest BCUT2D eigenvalue weighted by Crippen LogP contribution is 2.40. The molecular formula is C20H17ClN6O2S2. The van der Waals surface area contributed by atoms with Crippen LogP contribution in [0.5, 0.6) is 0 Å². The van der Waals surface area contributed by atoms with Gasteiger partial charge in [-0.25, -0.2) is 9.97 Å². The van der Waals surface area contributed by atoms with Crippen LogP contribution in [0.25, 0.3) is 21.1 Å². The molecule has 2 aromatic carbocycles. The van der Waals surface area contributed by atoms with Crippen LogP contribution in [0.4, 0.5) is 28.0 Å². The van der Waals surface area contributed by atoms with E-state index in [0.29, 0.717) is 27.2 Å². The molecule has 0 radical (unpaired) electrons. The number of rotatable bonds is 6. The number of nitro groups is 1. The first-order chi connectivity index (χ1) is 14.8. The number of hydrogen-bond donors (Lipinski definition) is 2. The number of nitrogen functional groups attached to an aromatic ring is 1. The van der Waals surface area contributed by atoms with Crippen molar-refractivity contribution in [3.8, 4) is 21.1 Å². The number of nitrogens with one attached hydrogen (secondary N) is 1. The second-order valence-electron chi connectivity index (χ2n) is 6.76. The first kappa shape index (κ1) is 21.0. The van der Waals surface area contributed by atoms with Crippen LogP contribution < -0.4 is 16.0 Å². The fourth-order valence-corrected chi connectivity index (χ4v) is 4.85. The highest BCUT2D eigenvalue weighted by Gasteiger charge is 2.18. The smallest absolute Gasteiger partial charge is 0.288 e. The van der Waals surface area contributed by atoms with Crippen molar-refractivity contribution in [2.24, 2.45) is 0 Å². The summed E-state index contributed by atoms with van der Waals surface area (Å²) in [4.78, 5) is 22.4. The van der Waals surface area contributed by atoms with E-state index >= 15 is 0 Å². The Morgan fingerprint density at radius 1 is 1.16 bits per heavy atom. The average molecular weight is 473 g/mol. The van der Waals surface area contributed by atoms with Gasteiger partial charge in [-0.1, -0.05) is 29.0 Å². The molecule has 0 atom stereocenters. The largest absolute Gasteiger partial charge is 0.382 e. The van der Waals surface area contributed by atoms with Crippen LogP contribution in [0.2, 0.25) is 5.02 Å². The van der Waals surface area contributed by atoms with Crippen LogP contribution in [0.15, 0.2) is 47.8 Å². The van der Waals surface area contributed by atoms with Gasteiger partial charge < -0.3 is 16.0 Å². The molecule has 3 N–H and O–H groups in total. The quantitative estimate of drug-likeness (QED) is 0.266. The average Bonchev–Trinajstić information content (AvgIpc) is 3.35. The highest BCUT2D eigenvalue weighted by molar-refractivity contribution is 7.23. The zero-order chi connectivity index (χ0) is 22.1. The number of aromatic nitrogens is 2. The summed E-state index contributed by atoms with van der Waals surface area (Å²) in [5.74, 6) is 0.375. The number of anilines is 4. The normalized spacial score (nSPS) is 10.8. The predicted octanol–water partition coefficient (Wildman–Crippen LogP) is 5.89. The summed E-state index contributed by atoms with van der Waals surface area (Å²) in [6.07, 6.45) is 0. The maximum absolute atomic E-state index is 11.2. The van der Waals surface area contributed by atoms with Gasteiger partial charge in [-0.2, -0.15) is 0 Å². The van der Waals surface area contributed by atoms with E-state index in [2.05, 4.69) is 15.3 Å². The van der Waals surface area contributed by atoms with Crippen molar-refractivity contribution in [3.63, 3.8) is 0 Å². The minimum atomic E-state index is -0.511. The molecule has 0 aliphatic carbocycles. The Kier molecular flexibility index (Phi) is 5.77. The van der Waals surface area contributed by atoms with Crippen molar-refractivity contribution in [2.45, 2.75) is 0 Å². The fourth-order valence-electron chi connectivity index (χ4n) is 2.83. The molecule has 0 unspecified atom stereocenters. The van der Waals surface area contributed by atoms with E-state index in [1.54, 1.807) is 6.07 Å². The van der Waals surface area contributed by atoms with Crippen molar-refractivity contribution < 1.29 is 4.92 Å². The number of nitro benzene ring substituents is 1. The Morgan fingerprint density at radius 2 is 1.90 bits per heavy atom. The van der Waals surface area contributed by atoms with Gasteiger partial charge in [0.25, 0.3) is 5.69 Å². The van der Waals surface area contributed by atoms with E-state index in [9.17, 15) is 10.1 Å². The molecule has 0 fully saturated rings. The molecule has 0 aliphatic heterocycles. The van der Waals surface area contributed by atoms with E-state index in [1.165, 1.54) is 34.8 Å². The van der Waals surface area contributed by atoms with Crippen LogP contribution in [-0.4, -0.2) is 29.0 Å². The van der Waals surface area contributed by atoms with Gasteiger partial charge >= 0.3 is 0 Å². The molecule has 0 spiro atoms. The summed E-state index contributed by atoms with van der Waals surface area (Å²) < 4.78 is 0. The van der Waals surface area contributed by atoms with Crippen molar-refractivity contribution in [2.75, 3.05) is 30.0 Å². The second-order valence-corrected chi connectivity index (χ2v) is 9.03. The van der Waals surface area contributed by atoms with Crippen LogP contribution in [-0.2, 0) is 0 Å². The molecule has 2 heterocycles. The van der Waals surface area contributed by atoms with Gasteiger partial charge in [0.1, 0.15) is 20.7 Å². The van der Waals surface area contributed by atoms with Gasteiger partial charge in [0.15, 0.2) is 5.13 Å². The minimum absolute atomic E-state index is 0.0882. The van der Waals surface area contributed by atoms with Crippen molar-refractivity contribution >= 4 is 62.3 Å². The third-order valence-electron chi connectivity index (χ3n) is 4.43. The topological polar surface area (TPSA) is 110 Å². The molecule has 2 aromatic heterocycles. The molecule has 0 saturated carbocycles. The van der Waals surface area contributed by atoms with E-state index in [4.69, 9.17) is 17.3 Å². The molecule has 158 valence electrons. The van der Waals surface area contributed by atoms with Crippen LogP contribution in [0.3, 0.4) is 0 Å². The van der Waals surface area contributed by atoms with Crippen LogP contribution >= 0.6 is 34.3 Å². The Morgan fingerprint density at radius 3 is 2.58 bits per heavy atom. The van der Waals surface area contributed by atoms with Crippen LogP contribution in [0.1, 0.15) is 0 Å². The monoisotopic (exact) mass is 472 g/mol. The molecule has 31 heavy (non-hydrogen) atoms. The Hall–Kier alpha value is -3.21. The number of nitrogens with two attached hydrogens (primary N) is 1. The molecule has 0 saturated heterocycles. The number of halogens is 1. The van der Waals surface area contributed by atoms with Gasteiger partial charge in [-0.05, 0) is 30.3 Å². The number of hydrogen-bond acceptors (Lipinski definition) is 9. The molecule has 4 rings (SSSR count). The van der Waals surface area contributed by atoms with E-state index in [-0.39, 0.29) is 10.7 Å². The van der Waals surface area contributed by atoms with Crippen molar-refractivity contribution in [3.05, 3.63) is 63.0 Å². The van der Waals surface area contributed by atoms with Gasteiger partial charge in [-0.15, -0.1) is 11.3 Å². The Bertz CT molecular complexity index is 1250. The fraction of sp³-hybridized carbons (Fsp3) is 0.100. The summed E-state index contributed by atoms with van der Waals surface area (Å²) in [5.41, 5.74) is 9.21. The lowest BCUT2D eigenvalue weighted by Gasteiger charge is -2.12. The lowest BCUT2D eigenvalue weighted by molar-refractivity contribution is -0.384. The maximum Gasteiger partial charge on any atom is 0.288 e. The lowest BCUT2D eigenvalue weighted by Crippen LogP contribution is -2.08. The van der Waals surface area contributed by atoms with E-state index < -0.39 is 4.92 Å². The minimum Gasteiger partial charge on any atom is -0.382 e. The molecular weight excluding hydrogens is 456 g/mol. The summed E-state index contributed by atoms with van der Waals surface area (Å²) in [6, 6.07) is 12.6. The molecule has 0 bridgehead atoms. The Balaban J connectivity index is 1.58. The van der Waals surface area contributed by atoms with E-state index in [1.807, 2.05) is 48.6 Å². The second kappa shape index (κ2) is 8.50. The summed E-state index contributed by atoms with van der Waals surface area (Å²) in [5, 5.41) is 17.7. The number of thiazole rings is 2. The Labute approximate surface area is 191 Å². The zero-order valence-electron chi connectivity index (χ0n) is 16.5. The molecule has 0 aliphatic rings. The zero-order valence-corrected chi connectivity index (χ0v) is 18.9.